The third kappa shape index (κ3) is 4.23. The highest BCUT2D eigenvalue weighted by Crippen LogP contribution is 2.22. The summed E-state index contributed by atoms with van der Waals surface area (Å²) in [4.78, 5) is 23.5. The van der Waals surface area contributed by atoms with Gasteiger partial charge < -0.3 is 10.6 Å². The second kappa shape index (κ2) is 7.29. The number of carbonyl (C=O) groups is 2. The molecule has 0 aliphatic carbocycles. The van der Waals surface area contributed by atoms with Gasteiger partial charge in [-0.25, -0.2) is 0 Å². The first kappa shape index (κ1) is 16.3. The minimum Gasteiger partial charge on any atom is -0.359 e. The molecule has 0 bridgehead atoms. The first-order chi connectivity index (χ1) is 10.5. The maximum Gasteiger partial charge on any atom is 0.257 e. The second-order valence-electron chi connectivity index (χ2n) is 4.63. The maximum atomic E-state index is 12.2. The number of rotatable bonds is 4. The van der Waals surface area contributed by atoms with Gasteiger partial charge >= 0.3 is 0 Å². The van der Waals surface area contributed by atoms with Crippen molar-refractivity contribution >= 4 is 40.7 Å². The lowest BCUT2D eigenvalue weighted by Gasteiger charge is -2.08. The van der Waals surface area contributed by atoms with Crippen molar-refractivity contribution in [1.29, 1.82) is 0 Å². The molecule has 22 heavy (non-hydrogen) atoms. The van der Waals surface area contributed by atoms with Gasteiger partial charge in [0.2, 0.25) is 5.91 Å². The van der Waals surface area contributed by atoms with E-state index in [2.05, 4.69) is 10.6 Å². The SMILES string of the molecule is CNC(=O)Cc1ccc(NC(=O)c2cc(Cl)ccc2Cl)cc1. The normalized spacial score (nSPS) is 10.1. The Balaban J connectivity index is 2.08. The monoisotopic (exact) mass is 336 g/mol. The number of hydrogen-bond donors (Lipinski definition) is 2. The van der Waals surface area contributed by atoms with Crippen molar-refractivity contribution in [1.82, 2.24) is 5.32 Å². The summed E-state index contributed by atoms with van der Waals surface area (Å²) in [7, 11) is 1.59. The van der Waals surface area contributed by atoms with Crippen molar-refractivity contribution < 1.29 is 9.59 Å². The minimum absolute atomic E-state index is 0.0671. The molecule has 2 aromatic rings. The summed E-state index contributed by atoms with van der Waals surface area (Å²) < 4.78 is 0. The lowest BCUT2D eigenvalue weighted by molar-refractivity contribution is -0.119. The molecule has 2 amide bonds. The van der Waals surface area contributed by atoms with Crippen LogP contribution in [-0.2, 0) is 11.2 Å². The Morgan fingerprint density at radius 3 is 2.36 bits per heavy atom. The van der Waals surface area contributed by atoms with E-state index in [0.29, 0.717) is 27.7 Å². The summed E-state index contributed by atoms with van der Waals surface area (Å²) in [5.74, 6) is -0.408. The zero-order chi connectivity index (χ0) is 16.1. The predicted molar refractivity (Wildman–Crippen MR) is 88.6 cm³/mol. The molecule has 0 aromatic heterocycles. The van der Waals surface area contributed by atoms with E-state index in [1.807, 2.05) is 0 Å². The van der Waals surface area contributed by atoms with Crippen LogP contribution in [0.1, 0.15) is 15.9 Å². The molecule has 0 aliphatic heterocycles. The number of hydrogen-bond acceptors (Lipinski definition) is 2. The first-order valence-electron chi connectivity index (χ1n) is 6.55. The average molecular weight is 337 g/mol. The molecule has 2 rings (SSSR count). The molecular weight excluding hydrogens is 323 g/mol. The van der Waals surface area contributed by atoms with Gasteiger partial charge in [-0.1, -0.05) is 35.3 Å². The zero-order valence-electron chi connectivity index (χ0n) is 11.8. The molecular formula is C16H14Cl2N2O2. The fraction of sp³-hybridized carbons (Fsp3) is 0.125. The first-order valence-corrected chi connectivity index (χ1v) is 7.31. The Bertz CT molecular complexity index is 700. The van der Waals surface area contributed by atoms with Crippen molar-refractivity contribution in [2.24, 2.45) is 0 Å². The third-order valence-corrected chi connectivity index (χ3v) is 3.59. The van der Waals surface area contributed by atoms with Crippen molar-refractivity contribution in [3.8, 4) is 0 Å². The van der Waals surface area contributed by atoms with Crippen LogP contribution in [0.25, 0.3) is 0 Å². The quantitative estimate of drug-likeness (QED) is 0.897. The highest BCUT2D eigenvalue weighted by Gasteiger charge is 2.11. The van der Waals surface area contributed by atoms with Gasteiger partial charge in [-0.2, -0.15) is 0 Å². The van der Waals surface area contributed by atoms with E-state index in [-0.39, 0.29) is 11.8 Å². The van der Waals surface area contributed by atoms with Gasteiger partial charge in [0.25, 0.3) is 5.91 Å². The molecule has 4 nitrogen and oxygen atoms in total. The van der Waals surface area contributed by atoms with Gasteiger partial charge in [0, 0.05) is 17.8 Å². The van der Waals surface area contributed by atoms with Crippen molar-refractivity contribution in [2.45, 2.75) is 6.42 Å². The topological polar surface area (TPSA) is 58.2 Å². The van der Waals surface area contributed by atoms with Crippen LogP contribution in [0.4, 0.5) is 5.69 Å². The van der Waals surface area contributed by atoms with Crippen LogP contribution >= 0.6 is 23.2 Å². The Kier molecular flexibility index (Phi) is 5.41. The molecule has 2 aromatic carbocycles. The fourth-order valence-electron chi connectivity index (χ4n) is 1.85. The number of anilines is 1. The molecule has 0 heterocycles. The van der Waals surface area contributed by atoms with E-state index >= 15 is 0 Å². The highest BCUT2D eigenvalue weighted by molar-refractivity contribution is 6.36. The van der Waals surface area contributed by atoms with Crippen molar-refractivity contribution in [3.05, 3.63) is 63.6 Å². The van der Waals surface area contributed by atoms with Gasteiger partial charge in [0.15, 0.2) is 0 Å². The molecule has 114 valence electrons. The van der Waals surface area contributed by atoms with E-state index in [9.17, 15) is 9.59 Å². The van der Waals surface area contributed by atoms with Gasteiger partial charge in [0.1, 0.15) is 0 Å². The summed E-state index contributed by atoms with van der Waals surface area (Å²) in [6, 6.07) is 11.7. The van der Waals surface area contributed by atoms with E-state index in [4.69, 9.17) is 23.2 Å². The molecule has 0 atom stereocenters. The molecule has 2 N–H and O–H groups in total. The maximum absolute atomic E-state index is 12.2. The predicted octanol–water partition coefficient (Wildman–Crippen LogP) is 3.53. The Morgan fingerprint density at radius 1 is 1.05 bits per heavy atom. The molecule has 0 saturated carbocycles. The van der Waals surface area contributed by atoms with E-state index in [1.54, 1.807) is 43.4 Å². The zero-order valence-corrected chi connectivity index (χ0v) is 13.3. The number of amides is 2. The van der Waals surface area contributed by atoms with Gasteiger partial charge in [-0.05, 0) is 35.9 Å². The van der Waals surface area contributed by atoms with Gasteiger partial charge in [0.05, 0.1) is 17.0 Å². The third-order valence-electron chi connectivity index (χ3n) is 3.03. The molecule has 0 spiro atoms. The lowest BCUT2D eigenvalue weighted by Crippen LogP contribution is -2.19. The average Bonchev–Trinajstić information content (AvgIpc) is 2.51. The summed E-state index contributed by atoms with van der Waals surface area (Å²) in [6.07, 6.45) is 0.296. The van der Waals surface area contributed by atoms with E-state index in [0.717, 1.165) is 5.56 Å². The molecule has 0 radical (unpaired) electrons. The highest BCUT2D eigenvalue weighted by atomic mass is 35.5. The van der Waals surface area contributed by atoms with E-state index in [1.165, 1.54) is 6.07 Å². The number of benzene rings is 2. The molecule has 6 heteroatoms. The van der Waals surface area contributed by atoms with Gasteiger partial charge in [-0.15, -0.1) is 0 Å². The standard InChI is InChI=1S/C16H14Cl2N2O2/c1-19-15(21)8-10-2-5-12(6-3-10)20-16(22)13-9-11(17)4-7-14(13)18/h2-7,9H,8H2,1H3,(H,19,21)(H,20,22). The Hall–Kier alpha value is -2.04. The second-order valence-corrected chi connectivity index (χ2v) is 5.47. The van der Waals surface area contributed by atoms with Crippen LogP contribution in [0.2, 0.25) is 10.0 Å². The fourth-order valence-corrected chi connectivity index (χ4v) is 2.23. The van der Waals surface area contributed by atoms with Crippen LogP contribution < -0.4 is 10.6 Å². The number of halogens is 2. The molecule has 0 aliphatic rings. The van der Waals surface area contributed by atoms with E-state index < -0.39 is 0 Å². The minimum atomic E-state index is -0.341. The Morgan fingerprint density at radius 2 is 1.73 bits per heavy atom. The van der Waals surface area contributed by atoms with Crippen LogP contribution in [0.15, 0.2) is 42.5 Å². The summed E-state index contributed by atoms with van der Waals surface area (Å²) >= 11 is 11.9. The van der Waals surface area contributed by atoms with Crippen LogP contribution in [0, 0.1) is 0 Å². The summed E-state index contributed by atoms with van der Waals surface area (Å²) in [6.45, 7) is 0. The molecule has 0 saturated heterocycles. The molecule has 0 unspecified atom stereocenters. The largest absolute Gasteiger partial charge is 0.359 e. The smallest absolute Gasteiger partial charge is 0.257 e. The van der Waals surface area contributed by atoms with Crippen LogP contribution in [0.5, 0.6) is 0 Å². The lowest BCUT2D eigenvalue weighted by atomic mass is 10.1. The van der Waals surface area contributed by atoms with Crippen molar-refractivity contribution in [3.63, 3.8) is 0 Å². The summed E-state index contributed by atoms with van der Waals surface area (Å²) in [5.41, 5.74) is 1.78. The number of nitrogens with one attached hydrogen (secondary N) is 2. The van der Waals surface area contributed by atoms with Crippen LogP contribution in [0.3, 0.4) is 0 Å². The summed E-state index contributed by atoms with van der Waals surface area (Å²) in [5, 5.41) is 6.07. The number of likely N-dealkylation sites (N-methyl/N-ethyl adjacent to an activating group) is 1. The van der Waals surface area contributed by atoms with Crippen LogP contribution in [-0.4, -0.2) is 18.9 Å². The van der Waals surface area contributed by atoms with Gasteiger partial charge in [-0.3, -0.25) is 9.59 Å². The molecule has 0 fully saturated rings. The van der Waals surface area contributed by atoms with Crippen molar-refractivity contribution in [2.75, 3.05) is 12.4 Å². The number of carbonyl (C=O) groups excluding carboxylic acids is 2. The Labute approximate surface area is 138 Å².